The van der Waals surface area contributed by atoms with Crippen molar-refractivity contribution >= 4 is 29.0 Å². The summed E-state index contributed by atoms with van der Waals surface area (Å²) in [5.74, 6) is -0.534. The molecule has 5 heteroatoms. The number of anilines is 2. The van der Waals surface area contributed by atoms with Gasteiger partial charge in [-0.05, 0) is 55.2 Å². The molecule has 2 amide bonds. The summed E-state index contributed by atoms with van der Waals surface area (Å²) in [6.07, 6.45) is 1.62. The maximum atomic E-state index is 12.7. The predicted octanol–water partition coefficient (Wildman–Crippen LogP) is 4.01. The number of benzene rings is 2. The number of ketones is 1. The van der Waals surface area contributed by atoms with E-state index in [-0.39, 0.29) is 24.1 Å². The van der Waals surface area contributed by atoms with Crippen LogP contribution >= 0.6 is 0 Å². The summed E-state index contributed by atoms with van der Waals surface area (Å²) in [5.41, 5.74) is 4.13. The third-order valence-electron chi connectivity index (χ3n) is 4.53. The Bertz CT molecular complexity index is 819. The normalized spacial score (nSPS) is 10.4. The zero-order valence-corrected chi connectivity index (χ0v) is 16.3. The summed E-state index contributed by atoms with van der Waals surface area (Å²) in [4.78, 5) is 37.5. The number of hydrogen-bond acceptors (Lipinski definition) is 3. The van der Waals surface area contributed by atoms with Gasteiger partial charge in [0.05, 0.1) is 0 Å². The molecule has 142 valence electrons. The molecule has 0 saturated heterocycles. The van der Waals surface area contributed by atoms with Crippen molar-refractivity contribution in [3.8, 4) is 0 Å². The zero-order valence-electron chi connectivity index (χ0n) is 16.3. The zero-order chi connectivity index (χ0) is 20.0. The molecule has 2 rings (SSSR count). The number of hydrogen-bond donors (Lipinski definition) is 1. The van der Waals surface area contributed by atoms with Crippen LogP contribution in [0.2, 0.25) is 0 Å². The lowest BCUT2D eigenvalue weighted by molar-refractivity contribution is -0.120. The number of carbonyl (C=O) groups excluding carboxylic acids is 3. The summed E-state index contributed by atoms with van der Waals surface area (Å²) in [6, 6.07) is 12.7. The Balaban J connectivity index is 2.21. The highest BCUT2D eigenvalue weighted by molar-refractivity contribution is 6.02. The molecule has 0 radical (unpaired) electrons. The van der Waals surface area contributed by atoms with Gasteiger partial charge in [-0.1, -0.05) is 32.0 Å². The van der Waals surface area contributed by atoms with Crippen LogP contribution in [0.5, 0.6) is 0 Å². The first-order valence-corrected chi connectivity index (χ1v) is 9.17. The maximum Gasteiger partial charge on any atom is 0.244 e. The average Bonchev–Trinajstić information content (AvgIpc) is 2.66. The van der Waals surface area contributed by atoms with Crippen molar-refractivity contribution in [1.29, 1.82) is 0 Å². The molecule has 1 N–H and O–H groups in total. The lowest BCUT2D eigenvalue weighted by Crippen LogP contribution is -2.37. The van der Waals surface area contributed by atoms with E-state index < -0.39 is 0 Å². The Morgan fingerprint density at radius 1 is 0.889 bits per heavy atom. The molecule has 0 aliphatic heterocycles. The molecule has 0 aromatic heterocycles. The van der Waals surface area contributed by atoms with Crippen molar-refractivity contribution in [2.24, 2.45) is 0 Å². The van der Waals surface area contributed by atoms with E-state index in [1.54, 1.807) is 24.3 Å². The summed E-state index contributed by atoms with van der Waals surface area (Å²) in [6.45, 7) is 6.91. The van der Waals surface area contributed by atoms with E-state index in [0.717, 1.165) is 29.7 Å². The number of Topliss-reactive ketones (excluding diaryl/α,β-unsaturated/α-hetero) is 1. The van der Waals surface area contributed by atoms with Crippen LogP contribution in [-0.4, -0.2) is 24.1 Å². The number of carbonyl (C=O) groups is 3. The second-order valence-corrected chi connectivity index (χ2v) is 6.41. The van der Waals surface area contributed by atoms with Crippen LogP contribution in [-0.2, 0) is 22.4 Å². The van der Waals surface area contributed by atoms with Gasteiger partial charge in [0.1, 0.15) is 6.54 Å². The Hall–Kier alpha value is -2.95. The second kappa shape index (κ2) is 9.12. The molecule has 5 nitrogen and oxygen atoms in total. The minimum absolute atomic E-state index is 0.0445. The Labute approximate surface area is 160 Å². The first-order chi connectivity index (χ1) is 12.9. The highest BCUT2D eigenvalue weighted by atomic mass is 16.2. The van der Waals surface area contributed by atoms with Crippen LogP contribution in [0.3, 0.4) is 0 Å². The molecule has 0 aliphatic carbocycles. The smallest absolute Gasteiger partial charge is 0.244 e. The first kappa shape index (κ1) is 20.4. The lowest BCUT2D eigenvalue weighted by Gasteiger charge is -2.22. The minimum Gasteiger partial charge on any atom is -0.324 e. The molecule has 0 saturated carbocycles. The maximum absolute atomic E-state index is 12.7. The third-order valence-corrected chi connectivity index (χ3v) is 4.53. The number of para-hydroxylation sites is 1. The highest BCUT2D eigenvalue weighted by Gasteiger charge is 2.18. The van der Waals surface area contributed by atoms with Crippen molar-refractivity contribution in [3.05, 3.63) is 59.2 Å². The van der Waals surface area contributed by atoms with Crippen LogP contribution < -0.4 is 10.2 Å². The molecule has 0 spiro atoms. The molecule has 0 unspecified atom stereocenters. The number of aryl methyl sites for hydroxylation is 2. The van der Waals surface area contributed by atoms with Gasteiger partial charge < -0.3 is 10.2 Å². The van der Waals surface area contributed by atoms with E-state index in [4.69, 9.17) is 0 Å². The van der Waals surface area contributed by atoms with Gasteiger partial charge in [-0.3, -0.25) is 14.4 Å². The summed E-state index contributed by atoms with van der Waals surface area (Å²) in [7, 11) is 0. The van der Waals surface area contributed by atoms with E-state index in [2.05, 4.69) is 5.32 Å². The van der Waals surface area contributed by atoms with Gasteiger partial charge >= 0.3 is 0 Å². The number of amides is 2. The van der Waals surface area contributed by atoms with Gasteiger partial charge in [-0.15, -0.1) is 0 Å². The van der Waals surface area contributed by atoms with Crippen LogP contribution in [0.4, 0.5) is 11.4 Å². The van der Waals surface area contributed by atoms with Crippen molar-refractivity contribution in [3.63, 3.8) is 0 Å². The molecule has 0 fully saturated rings. The number of rotatable bonds is 7. The molecular weight excluding hydrogens is 340 g/mol. The van der Waals surface area contributed by atoms with Crippen LogP contribution in [0.1, 0.15) is 49.2 Å². The van der Waals surface area contributed by atoms with Crippen LogP contribution in [0.15, 0.2) is 42.5 Å². The van der Waals surface area contributed by atoms with Crippen molar-refractivity contribution in [2.75, 3.05) is 16.8 Å². The van der Waals surface area contributed by atoms with E-state index in [0.29, 0.717) is 11.3 Å². The summed E-state index contributed by atoms with van der Waals surface area (Å²) < 4.78 is 0. The SMILES string of the molecule is CCc1cccc(CC)c1NC(=O)CN(C(C)=O)c1ccc(C(C)=O)cc1. The predicted molar refractivity (Wildman–Crippen MR) is 108 cm³/mol. The van der Waals surface area contributed by atoms with Crippen molar-refractivity contribution < 1.29 is 14.4 Å². The van der Waals surface area contributed by atoms with E-state index in [1.165, 1.54) is 18.7 Å². The molecule has 27 heavy (non-hydrogen) atoms. The fourth-order valence-electron chi connectivity index (χ4n) is 2.99. The molecule has 0 bridgehead atoms. The van der Waals surface area contributed by atoms with E-state index >= 15 is 0 Å². The topological polar surface area (TPSA) is 66.5 Å². The second-order valence-electron chi connectivity index (χ2n) is 6.41. The van der Waals surface area contributed by atoms with Crippen molar-refractivity contribution in [1.82, 2.24) is 0 Å². The molecule has 2 aromatic rings. The fourth-order valence-corrected chi connectivity index (χ4v) is 2.99. The van der Waals surface area contributed by atoms with Crippen molar-refractivity contribution in [2.45, 2.75) is 40.5 Å². The minimum atomic E-state index is -0.253. The average molecular weight is 366 g/mol. The lowest BCUT2D eigenvalue weighted by atomic mass is 10.0. The molecule has 0 atom stereocenters. The number of nitrogens with one attached hydrogen (secondary N) is 1. The fraction of sp³-hybridized carbons (Fsp3) is 0.318. The van der Waals surface area contributed by atoms with Crippen LogP contribution in [0.25, 0.3) is 0 Å². The molecular formula is C22H26N2O3. The standard InChI is InChI=1S/C22H26N2O3/c1-5-17-8-7-9-18(6-2)22(17)23-21(27)14-24(16(4)26)20-12-10-19(11-13-20)15(3)25/h7-13H,5-6,14H2,1-4H3,(H,23,27). The molecule has 2 aromatic carbocycles. The first-order valence-electron chi connectivity index (χ1n) is 9.17. The summed E-state index contributed by atoms with van der Waals surface area (Å²) >= 11 is 0. The molecule has 0 aliphatic rings. The highest BCUT2D eigenvalue weighted by Crippen LogP contribution is 2.23. The molecule has 0 heterocycles. The Morgan fingerprint density at radius 3 is 1.89 bits per heavy atom. The van der Waals surface area contributed by atoms with Gasteiger partial charge in [0.2, 0.25) is 11.8 Å². The van der Waals surface area contributed by atoms with Gasteiger partial charge in [-0.2, -0.15) is 0 Å². The summed E-state index contributed by atoms with van der Waals surface area (Å²) in [5, 5.41) is 2.98. The Morgan fingerprint density at radius 2 is 1.44 bits per heavy atom. The Kier molecular flexibility index (Phi) is 6.88. The quantitative estimate of drug-likeness (QED) is 0.753. The monoisotopic (exact) mass is 366 g/mol. The van der Waals surface area contributed by atoms with Gasteiger partial charge in [-0.25, -0.2) is 0 Å². The van der Waals surface area contributed by atoms with E-state index in [9.17, 15) is 14.4 Å². The van der Waals surface area contributed by atoms with Gasteiger partial charge in [0.25, 0.3) is 0 Å². The van der Waals surface area contributed by atoms with Gasteiger partial charge in [0, 0.05) is 23.9 Å². The van der Waals surface area contributed by atoms with Crippen LogP contribution in [0, 0.1) is 0 Å². The number of nitrogens with zero attached hydrogens (tertiary/aromatic N) is 1. The largest absolute Gasteiger partial charge is 0.324 e. The van der Waals surface area contributed by atoms with Gasteiger partial charge in [0.15, 0.2) is 5.78 Å². The van der Waals surface area contributed by atoms with E-state index in [1.807, 2.05) is 32.0 Å². The third kappa shape index (κ3) is 5.03.